The molecule has 0 saturated carbocycles. The maximum atomic E-state index is 13.2. The van der Waals surface area contributed by atoms with Gasteiger partial charge in [-0.25, -0.2) is 9.37 Å². The van der Waals surface area contributed by atoms with Crippen LogP contribution in [0.25, 0.3) is 0 Å². The average molecular weight is 277 g/mol. The van der Waals surface area contributed by atoms with Gasteiger partial charge in [-0.3, -0.25) is 0 Å². The summed E-state index contributed by atoms with van der Waals surface area (Å²) < 4.78 is 24.1. The molecule has 106 valence electrons. The SMILES string of the molecule is CCNc1ncnc(Oc2ccc(F)c(C)c2)c1OC. The molecule has 0 aliphatic heterocycles. The zero-order valence-corrected chi connectivity index (χ0v) is 11.6. The fraction of sp³-hybridized carbons (Fsp3) is 0.286. The van der Waals surface area contributed by atoms with E-state index in [2.05, 4.69) is 15.3 Å². The summed E-state index contributed by atoms with van der Waals surface area (Å²) in [6.45, 7) is 4.32. The zero-order valence-electron chi connectivity index (χ0n) is 11.6. The largest absolute Gasteiger partial charge is 0.489 e. The second-order valence-corrected chi connectivity index (χ2v) is 4.10. The molecular weight excluding hydrogens is 261 g/mol. The van der Waals surface area contributed by atoms with Crippen molar-refractivity contribution in [2.24, 2.45) is 0 Å². The molecular formula is C14H16FN3O2. The number of aromatic nitrogens is 2. The van der Waals surface area contributed by atoms with Crippen molar-refractivity contribution in [2.45, 2.75) is 13.8 Å². The molecule has 1 aromatic heterocycles. The minimum atomic E-state index is -0.277. The monoisotopic (exact) mass is 277 g/mol. The molecule has 1 aromatic carbocycles. The first kappa shape index (κ1) is 14.0. The van der Waals surface area contributed by atoms with Gasteiger partial charge in [0.1, 0.15) is 17.9 Å². The molecule has 5 nitrogen and oxygen atoms in total. The zero-order chi connectivity index (χ0) is 14.5. The van der Waals surface area contributed by atoms with Crippen LogP contribution in [0.5, 0.6) is 17.4 Å². The van der Waals surface area contributed by atoms with Crippen molar-refractivity contribution in [1.29, 1.82) is 0 Å². The van der Waals surface area contributed by atoms with E-state index in [1.165, 1.54) is 25.6 Å². The molecule has 1 N–H and O–H groups in total. The van der Waals surface area contributed by atoms with Gasteiger partial charge >= 0.3 is 0 Å². The molecule has 0 saturated heterocycles. The van der Waals surface area contributed by atoms with Crippen LogP contribution in [0.3, 0.4) is 0 Å². The van der Waals surface area contributed by atoms with Gasteiger partial charge in [0, 0.05) is 6.54 Å². The third kappa shape index (κ3) is 2.96. The van der Waals surface area contributed by atoms with Gasteiger partial charge < -0.3 is 14.8 Å². The predicted molar refractivity (Wildman–Crippen MR) is 74.0 cm³/mol. The Morgan fingerprint density at radius 3 is 2.75 bits per heavy atom. The van der Waals surface area contributed by atoms with E-state index in [1.807, 2.05) is 6.92 Å². The van der Waals surface area contributed by atoms with Crippen LogP contribution in [0.4, 0.5) is 10.2 Å². The van der Waals surface area contributed by atoms with Crippen molar-refractivity contribution in [3.8, 4) is 17.4 Å². The van der Waals surface area contributed by atoms with Crippen molar-refractivity contribution in [1.82, 2.24) is 9.97 Å². The summed E-state index contributed by atoms with van der Waals surface area (Å²) >= 11 is 0. The van der Waals surface area contributed by atoms with Gasteiger partial charge in [-0.1, -0.05) is 0 Å². The number of rotatable bonds is 5. The number of ether oxygens (including phenoxy) is 2. The maximum absolute atomic E-state index is 13.2. The lowest BCUT2D eigenvalue weighted by molar-refractivity contribution is 0.368. The first-order valence-corrected chi connectivity index (χ1v) is 6.22. The summed E-state index contributed by atoms with van der Waals surface area (Å²) in [5.41, 5.74) is 0.502. The smallest absolute Gasteiger partial charge is 0.268 e. The number of nitrogens with zero attached hydrogens (tertiary/aromatic N) is 2. The number of hydrogen-bond acceptors (Lipinski definition) is 5. The van der Waals surface area contributed by atoms with Crippen molar-refractivity contribution in [3.63, 3.8) is 0 Å². The van der Waals surface area contributed by atoms with Crippen LogP contribution in [0.2, 0.25) is 0 Å². The van der Waals surface area contributed by atoms with E-state index in [-0.39, 0.29) is 11.7 Å². The van der Waals surface area contributed by atoms with Crippen LogP contribution in [-0.4, -0.2) is 23.6 Å². The molecule has 0 radical (unpaired) electrons. The lowest BCUT2D eigenvalue weighted by atomic mass is 10.2. The van der Waals surface area contributed by atoms with Crippen molar-refractivity contribution < 1.29 is 13.9 Å². The maximum Gasteiger partial charge on any atom is 0.268 e. The first-order chi connectivity index (χ1) is 9.65. The highest BCUT2D eigenvalue weighted by Gasteiger charge is 2.14. The van der Waals surface area contributed by atoms with E-state index >= 15 is 0 Å². The molecule has 2 rings (SSSR count). The minimum Gasteiger partial charge on any atom is -0.489 e. The van der Waals surface area contributed by atoms with E-state index in [0.717, 1.165) is 0 Å². The highest BCUT2D eigenvalue weighted by molar-refractivity contribution is 5.55. The second kappa shape index (κ2) is 6.18. The number of hydrogen-bond donors (Lipinski definition) is 1. The van der Waals surface area contributed by atoms with Crippen LogP contribution in [0.1, 0.15) is 12.5 Å². The summed E-state index contributed by atoms with van der Waals surface area (Å²) in [4.78, 5) is 8.13. The molecule has 6 heteroatoms. The minimum absolute atomic E-state index is 0.277. The number of anilines is 1. The van der Waals surface area contributed by atoms with E-state index in [0.29, 0.717) is 29.4 Å². The van der Waals surface area contributed by atoms with Crippen LogP contribution >= 0.6 is 0 Å². The van der Waals surface area contributed by atoms with Gasteiger partial charge in [-0.2, -0.15) is 4.98 Å². The summed E-state index contributed by atoms with van der Waals surface area (Å²) in [6, 6.07) is 4.49. The highest BCUT2D eigenvalue weighted by Crippen LogP contribution is 2.34. The molecule has 20 heavy (non-hydrogen) atoms. The molecule has 0 bridgehead atoms. The van der Waals surface area contributed by atoms with Crippen LogP contribution < -0.4 is 14.8 Å². The predicted octanol–water partition coefficient (Wildman–Crippen LogP) is 3.16. The third-order valence-corrected chi connectivity index (χ3v) is 2.66. The lowest BCUT2D eigenvalue weighted by Gasteiger charge is -2.12. The molecule has 1 heterocycles. The number of halogens is 1. The second-order valence-electron chi connectivity index (χ2n) is 4.10. The highest BCUT2D eigenvalue weighted by atomic mass is 19.1. The van der Waals surface area contributed by atoms with Crippen molar-refractivity contribution >= 4 is 5.82 Å². The third-order valence-electron chi connectivity index (χ3n) is 2.66. The Morgan fingerprint density at radius 2 is 2.10 bits per heavy atom. The lowest BCUT2D eigenvalue weighted by Crippen LogP contribution is -2.04. The molecule has 0 atom stereocenters. The fourth-order valence-corrected chi connectivity index (χ4v) is 1.70. The Bertz CT molecular complexity index is 605. The van der Waals surface area contributed by atoms with E-state index < -0.39 is 0 Å². The molecule has 0 fully saturated rings. The van der Waals surface area contributed by atoms with Gasteiger partial charge in [0.2, 0.25) is 5.75 Å². The van der Waals surface area contributed by atoms with Gasteiger partial charge in [0.25, 0.3) is 5.88 Å². The molecule has 0 aliphatic rings. The van der Waals surface area contributed by atoms with Gasteiger partial charge in [0.05, 0.1) is 7.11 Å². The van der Waals surface area contributed by atoms with E-state index in [4.69, 9.17) is 9.47 Å². The number of nitrogens with one attached hydrogen (secondary N) is 1. The number of benzene rings is 1. The Kier molecular flexibility index (Phi) is 4.34. The summed E-state index contributed by atoms with van der Waals surface area (Å²) in [6.07, 6.45) is 1.38. The molecule has 0 amide bonds. The Morgan fingerprint density at radius 1 is 1.30 bits per heavy atom. The van der Waals surface area contributed by atoms with Crippen LogP contribution in [0, 0.1) is 12.7 Å². The quantitative estimate of drug-likeness (QED) is 0.909. The average Bonchev–Trinajstić information content (AvgIpc) is 2.44. The molecule has 2 aromatic rings. The standard InChI is InChI=1S/C14H16FN3O2/c1-4-16-13-12(19-3)14(18-8-17-13)20-10-5-6-11(15)9(2)7-10/h5-8H,4H2,1-3H3,(H,16,17,18). The topological polar surface area (TPSA) is 56.3 Å². The van der Waals surface area contributed by atoms with Gasteiger partial charge in [0.15, 0.2) is 5.82 Å². The van der Waals surface area contributed by atoms with E-state index in [1.54, 1.807) is 13.0 Å². The van der Waals surface area contributed by atoms with Gasteiger partial charge in [-0.15, -0.1) is 0 Å². The Balaban J connectivity index is 2.32. The summed E-state index contributed by atoms with van der Waals surface area (Å²) in [5, 5.41) is 3.06. The fourth-order valence-electron chi connectivity index (χ4n) is 1.70. The summed E-state index contributed by atoms with van der Waals surface area (Å²) in [7, 11) is 1.52. The number of methoxy groups -OCH3 is 1. The Hall–Kier alpha value is -2.37. The van der Waals surface area contributed by atoms with Crippen molar-refractivity contribution in [2.75, 3.05) is 19.0 Å². The van der Waals surface area contributed by atoms with Crippen LogP contribution in [0.15, 0.2) is 24.5 Å². The van der Waals surface area contributed by atoms with Crippen LogP contribution in [-0.2, 0) is 0 Å². The van der Waals surface area contributed by atoms with Crippen molar-refractivity contribution in [3.05, 3.63) is 35.9 Å². The molecule has 0 unspecified atom stereocenters. The molecule has 0 spiro atoms. The first-order valence-electron chi connectivity index (χ1n) is 6.22. The van der Waals surface area contributed by atoms with Gasteiger partial charge in [-0.05, 0) is 37.6 Å². The molecule has 0 aliphatic carbocycles. The normalized spacial score (nSPS) is 10.2. The number of aryl methyl sites for hydroxylation is 1. The summed E-state index contributed by atoms with van der Waals surface area (Å²) in [5.74, 6) is 1.46. The Labute approximate surface area is 116 Å². The van der Waals surface area contributed by atoms with E-state index in [9.17, 15) is 4.39 Å².